The summed E-state index contributed by atoms with van der Waals surface area (Å²) < 4.78 is 10.6. The van der Waals surface area contributed by atoms with Crippen molar-refractivity contribution in [2.75, 3.05) is 30.5 Å². The molecule has 1 aliphatic heterocycles. The third-order valence-electron chi connectivity index (χ3n) is 4.14. The van der Waals surface area contributed by atoms with Crippen LogP contribution in [-0.2, 0) is 9.53 Å². The van der Waals surface area contributed by atoms with Gasteiger partial charge in [0.1, 0.15) is 5.75 Å². The van der Waals surface area contributed by atoms with Crippen molar-refractivity contribution >= 4 is 23.2 Å². The summed E-state index contributed by atoms with van der Waals surface area (Å²) in [4.78, 5) is 24.4. The number of hydrogen-bond donors (Lipinski definition) is 2. The summed E-state index contributed by atoms with van der Waals surface area (Å²) in [5.74, 6) is 0.404. The zero-order chi connectivity index (χ0) is 18.4. The van der Waals surface area contributed by atoms with Crippen molar-refractivity contribution in [1.82, 2.24) is 0 Å². The Hall–Kier alpha value is -2.86. The molecule has 0 spiro atoms. The molecule has 1 unspecified atom stereocenters. The molecule has 1 fully saturated rings. The Morgan fingerprint density at radius 1 is 1.04 bits per heavy atom. The predicted molar refractivity (Wildman–Crippen MR) is 99.6 cm³/mol. The molecule has 1 heterocycles. The molecule has 6 heteroatoms. The van der Waals surface area contributed by atoms with Crippen LogP contribution >= 0.6 is 0 Å². The summed E-state index contributed by atoms with van der Waals surface area (Å²) in [5, 5.41) is 5.69. The Morgan fingerprint density at radius 3 is 2.31 bits per heavy atom. The molecule has 0 aromatic heterocycles. The van der Waals surface area contributed by atoms with Gasteiger partial charge in [-0.1, -0.05) is 0 Å². The van der Waals surface area contributed by atoms with E-state index in [1.807, 2.05) is 19.1 Å². The van der Waals surface area contributed by atoms with Gasteiger partial charge < -0.3 is 20.1 Å². The molecule has 0 saturated carbocycles. The van der Waals surface area contributed by atoms with Gasteiger partial charge in [0.25, 0.3) is 5.91 Å². The first-order chi connectivity index (χ1) is 12.7. The van der Waals surface area contributed by atoms with Gasteiger partial charge in [0.05, 0.1) is 19.1 Å². The van der Waals surface area contributed by atoms with E-state index >= 15 is 0 Å². The van der Waals surface area contributed by atoms with Crippen LogP contribution in [-0.4, -0.2) is 31.6 Å². The predicted octanol–water partition coefficient (Wildman–Crippen LogP) is 3.31. The monoisotopic (exact) mass is 354 g/mol. The smallest absolute Gasteiger partial charge is 0.255 e. The number of rotatable bonds is 6. The lowest BCUT2D eigenvalue weighted by molar-refractivity contribution is -0.119. The average molecular weight is 354 g/mol. The minimum atomic E-state index is -0.212. The molecule has 2 N–H and O–H groups in total. The van der Waals surface area contributed by atoms with Gasteiger partial charge in [-0.2, -0.15) is 0 Å². The Balaban J connectivity index is 1.57. The van der Waals surface area contributed by atoms with E-state index in [9.17, 15) is 9.59 Å². The van der Waals surface area contributed by atoms with Gasteiger partial charge in [0.2, 0.25) is 5.91 Å². The fourth-order valence-electron chi connectivity index (χ4n) is 2.69. The molecular weight excluding hydrogens is 332 g/mol. The molecule has 0 radical (unpaired) electrons. The van der Waals surface area contributed by atoms with E-state index in [0.717, 1.165) is 12.2 Å². The van der Waals surface area contributed by atoms with E-state index < -0.39 is 0 Å². The van der Waals surface area contributed by atoms with Crippen LogP contribution in [0.5, 0.6) is 5.75 Å². The highest BCUT2D eigenvalue weighted by molar-refractivity contribution is 6.04. The summed E-state index contributed by atoms with van der Waals surface area (Å²) in [6.07, 6.45) is 0.744. The molecule has 1 saturated heterocycles. The topological polar surface area (TPSA) is 76.7 Å². The van der Waals surface area contributed by atoms with Crippen molar-refractivity contribution in [3.8, 4) is 5.75 Å². The van der Waals surface area contributed by atoms with Crippen LogP contribution in [0, 0.1) is 5.92 Å². The first-order valence-corrected chi connectivity index (χ1v) is 8.68. The number of benzene rings is 2. The highest BCUT2D eigenvalue weighted by atomic mass is 16.5. The zero-order valence-electron chi connectivity index (χ0n) is 14.7. The van der Waals surface area contributed by atoms with Gasteiger partial charge in [-0.05, 0) is 61.9 Å². The Bertz CT molecular complexity index is 750. The van der Waals surface area contributed by atoms with Crippen molar-refractivity contribution in [3.05, 3.63) is 54.1 Å². The summed E-state index contributed by atoms with van der Waals surface area (Å²) in [6, 6.07) is 14.0. The highest BCUT2D eigenvalue weighted by Gasteiger charge is 2.23. The fourth-order valence-corrected chi connectivity index (χ4v) is 2.69. The van der Waals surface area contributed by atoms with E-state index in [1.165, 1.54) is 0 Å². The molecule has 1 aliphatic rings. The fraction of sp³-hybridized carbons (Fsp3) is 0.300. The standard InChI is InChI=1S/C20H22N2O4/c1-2-26-18-9-7-17(8-10-18)21-19(23)14-3-5-16(6-4-14)22-20(24)15-11-12-25-13-15/h3-10,15H,2,11-13H2,1H3,(H,21,23)(H,22,24). The van der Waals surface area contributed by atoms with Crippen LogP contribution < -0.4 is 15.4 Å². The maximum absolute atomic E-state index is 12.3. The van der Waals surface area contributed by atoms with E-state index in [4.69, 9.17) is 9.47 Å². The van der Waals surface area contributed by atoms with Gasteiger partial charge >= 0.3 is 0 Å². The lowest BCUT2D eigenvalue weighted by Crippen LogP contribution is -2.22. The second-order valence-electron chi connectivity index (χ2n) is 6.04. The quantitative estimate of drug-likeness (QED) is 0.834. The lowest BCUT2D eigenvalue weighted by Gasteiger charge is -2.10. The average Bonchev–Trinajstić information content (AvgIpc) is 3.19. The van der Waals surface area contributed by atoms with E-state index in [2.05, 4.69) is 10.6 Å². The number of ether oxygens (including phenoxy) is 2. The maximum atomic E-state index is 12.3. The third-order valence-corrected chi connectivity index (χ3v) is 4.14. The van der Waals surface area contributed by atoms with Crippen LogP contribution in [0.2, 0.25) is 0 Å². The number of amides is 2. The number of nitrogens with one attached hydrogen (secondary N) is 2. The van der Waals surface area contributed by atoms with Gasteiger partial charge in [0, 0.05) is 23.5 Å². The summed E-state index contributed by atoms with van der Waals surface area (Å²) >= 11 is 0. The highest BCUT2D eigenvalue weighted by Crippen LogP contribution is 2.18. The Morgan fingerprint density at radius 2 is 1.69 bits per heavy atom. The molecule has 0 aliphatic carbocycles. The van der Waals surface area contributed by atoms with Gasteiger partial charge in [0.15, 0.2) is 0 Å². The number of hydrogen-bond acceptors (Lipinski definition) is 4. The first kappa shape index (κ1) is 17.9. The van der Waals surface area contributed by atoms with Gasteiger partial charge in [-0.15, -0.1) is 0 Å². The molecule has 2 aromatic rings. The number of carbonyl (C=O) groups excluding carboxylic acids is 2. The van der Waals surface area contributed by atoms with Crippen molar-refractivity contribution in [1.29, 1.82) is 0 Å². The molecule has 2 amide bonds. The molecule has 136 valence electrons. The second-order valence-corrected chi connectivity index (χ2v) is 6.04. The van der Waals surface area contributed by atoms with Gasteiger partial charge in [-0.3, -0.25) is 9.59 Å². The van der Waals surface area contributed by atoms with Crippen LogP contribution in [0.25, 0.3) is 0 Å². The van der Waals surface area contributed by atoms with Crippen LogP contribution in [0.4, 0.5) is 11.4 Å². The zero-order valence-corrected chi connectivity index (χ0v) is 14.7. The van der Waals surface area contributed by atoms with Crippen molar-refractivity contribution < 1.29 is 19.1 Å². The SMILES string of the molecule is CCOc1ccc(NC(=O)c2ccc(NC(=O)C3CCOC3)cc2)cc1. The van der Waals surface area contributed by atoms with Crippen LogP contribution in [0.1, 0.15) is 23.7 Å². The minimum Gasteiger partial charge on any atom is -0.494 e. The van der Waals surface area contributed by atoms with Gasteiger partial charge in [-0.25, -0.2) is 0 Å². The molecular formula is C20H22N2O4. The Kier molecular flexibility index (Phi) is 5.86. The molecule has 3 rings (SSSR count). The Labute approximate surface area is 152 Å². The van der Waals surface area contributed by atoms with Crippen molar-refractivity contribution in [3.63, 3.8) is 0 Å². The molecule has 1 atom stereocenters. The van der Waals surface area contributed by atoms with E-state index in [1.54, 1.807) is 36.4 Å². The first-order valence-electron chi connectivity index (χ1n) is 8.68. The normalized spacial score (nSPS) is 16.1. The lowest BCUT2D eigenvalue weighted by atomic mass is 10.1. The number of carbonyl (C=O) groups is 2. The van der Waals surface area contributed by atoms with E-state index in [-0.39, 0.29) is 17.7 Å². The maximum Gasteiger partial charge on any atom is 0.255 e. The second kappa shape index (κ2) is 8.49. The molecule has 26 heavy (non-hydrogen) atoms. The summed E-state index contributed by atoms with van der Waals surface area (Å²) in [7, 11) is 0. The van der Waals surface area contributed by atoms with Crippen LogP contribution in [0.15, 0.2) is 48.5 Å². The molecule has 2 aromatic carbocycles. The summed E-state index contributed by atoms with van der Waals surface area (Å²) in [6.45, 7) is 3.61. The molecule has 0 bridgehead atoms. The third kappa shape index (κ3) is 4.61. The van der Waals surface area contributed by atoms with Crippen molar-refractivity contribution in [2.24, 2.45) is 5.92 Å². The number of anilines is 2. The van der Waals surface area contributed by atoms with Crippen LogP contribution in [0.3, 0.4) is 0 Å². The summed E-state index contributed by atoms with van der Waals surface area (Å²) in [5.41, 5.74) is 1.87. The van der Waals surface area contributed by atoms with Crippen molar-refractivity contribution in [2.45, 2.75) is 13.3 Å². The van der Waals surface area contributed by atoms with E-state index in [0.29, 0.717) is 36.8 Å². The minimum absolute atomic E-state index is 0.0471. The largest absolute Gasteiger partial charge is 0.494 e. The molecule has 6 nitrogen and oxygen atoms in total.